The van der Waals surface area contributed by atoms with Gasteiger partial charge in [0.25, 0.3) is 11.8 Å². The Morgan fingerprint density at radius 1 is 1.12 bits per heavy atom. The monoisotopic (exact) mass is 352 g/mol. The highest BCUT2D eigenvalue weighted by atomic mass is 35.5. The number of imide groups is 1. The number of amides is 5. The maximum absolute atomic E-state index is 11.9. The minimum Gasteiger partial charge on any atom is -0.354 e. The van der Waals surface area contributed by atoms with Crippen LogP contribution < -0.4 is 21.3 Å². The van der Waals surface area contributed by atoms with Crippen molar-refractivity contribution in [2.75, 3.05) is 13.1 Å². The van der Waals surface area contributed by atoms with E-state index in [1.165, 1.54) is 0 Å². The highest BCUT2D eigenvalue weighted by molar-refractivity contribution is 6.33. The first-order valence-electron chi connectivity index (χ1n) is 7.38. The zero-order valence-electron chi connectivity index (χ0n) is 12.7. The van der Waals surface area contributed by atoms with E-state index in [1.54, 1.807) is 24.3 Å². The Morgan fingerprint density at radius 3 is 2.50 bits per heavy atom. The molecule has 0 bridgehead atoms. The van der Waals surface area contributed by atoms with Gasteiger partial charge < -0.3 is 16.0 Å². The second kappa shape index (κ2) is 8.30. The molecule has 1 aliphatic rings. The molecule has 0 aliphatic carbocycles. The quantitative estimate of drug-likeness (QED) is 0.413. The molecule has 1 atom stereocenters. The van der Waals surface area contributed by atoms with Crippen LogP contribution in [0.3, 0.4) is 0 Å². The summed E-state index contributed by atoms with van der Waals surface area (Å²) in [6.45, 7) is 0.495. The number of urea groups is 1. The van der Waals surface area contributed by atoms with Crippen molar-refractivity contribution in [2.24, 2.45) is 0 Å². The summed E-state index contributed by atoms with van der Waals surface area (Å²) in [6, 6.07) is 5.44. The Morgan fingerprint density at radius 2 is 1.83 bits per heavy atom. The summed E-state index contributed by atoms with van der Waals surface area (Å²) >= 11 is 5.91. The Balaban J connectivity index is 1.63. The predicted molar refractivity (Wildman–Crippen MR) is 86.5 cm³/mol. The summed E-state index contributed by atoms with van der Waals surface area (Å²) in [4.78, 5) is 45.8. The Labute approximate surface area is 143 Å². The van der Waals surface area contributed by atoms with Gasteiger partial charge in [0.05, 0.1) is 10.6 Å². The van der Waals surface area contributed by atoms with E-state index in [0.29, 0.717) is 10.6 Å². The van der Waals surface area contributed by atoms with E-state index in [1.807, 2.05) is 0 Å². The van der Waals surface area contributed by atoms with Crippen LogP contribution in [0, 0.1) is 0 Å². The second-order valence-corrected chi connectivity index (χ2v) is 5.55. The molecule has 2 rings (SSSR count). The maximum atomic E-state index is 11.9. The van der Waals surface area contributed by atoms with E-state index in [9.17, 15) is 19.2 Å². The summed E-state index contributed by atoms with van der Waals surface area (Å²) in [7, 11) is 0. The Bertz CT molecular complexity index is 665. The number of hydrogen-bond acceptors (Lipinski definition) is 4. The first kappa shape index (κ1) is 17.7. The molecule has 8 nitrogen and oxygen atoms in total. The van der Waals surface area contributed by atoms with Crippen LogP contribution in [0.2, 0.25) is 5.02 Å². The Hall–Kier alpha value is -2.61. The van der Waals surface area contributed by atoms with Crippen LogP contribution in [-0.4, -0.2) is 42.9 Å². The number of halogens is 1. The van der Waals surface area contributed by atoms with Crippen LogP contribution in [-0.2, 0) is 9.59 Å². The van der Waals surface area contributed by atoms with E-state index < -0.39 is 18.0 Å². The molecule has 1 fully saturated rings. The van der Waals surface area contributed by atoms with Crippen LogP contribution in [0.1, 0.15) is 23.2 Å². The summed E-state index contributed by atoms with van der Waals surface area (Å²) < 4.78 is 0. The largest absolute Gasteiger partial charge is 0.354 e. The van der Waals surface area contributed by atoms with Crippen LogP contribution in [0.15, 0.2) is 24.3 Å². The summed E-state index contributed by atoms with van der Waals surface area (Å²) in [5, 5.41) is 10.1. The lowest BCUT2D eigenvalue weighted by molar-refractivity contribution is -0.122. The lowest BCUT2D eigenvalue weighted by Gasteiger charge is -2.09. The zero-order valence-corrected chi connectivity index (χ0v) is 13.5. The summed E-state index contributed by atoms with van der Waals surface area (Å²) in [5.41, 5.74) is 0.369. The van der Waals surface area contributed by atoms with Crippen molar-refractivity contribution in [1.29, 1.82) is 0 Å². The predicted octanol–water partition coefficient (Wildman–Crippen LogP) is 0.174. The second-order valence-electron chi connectivity index (χ2n) is 5.14. The minimum absolute atomic E-state index is 0.0941. The Kier molecular flexibility index (Phi) is 6.14. The molecule has 0 radical (unpaired) electrons. The van der Waals surface area contributed by atoms with Gasteiger partial charge in [-0.3, -0.25) is 19.7 Å². The molecule has 1 aromatic carbocycles. The molecule has 5 amide bonds. The standard InChI is InChI=1S/C15H17ClN4O4/c16-10-4-2-1-3-9(10)13(22)18-8-7-17-12(21)6-5-11-14(23)20-15(24)19-11/h1-4,11H,5-8H2,(H,17,21)(H,18,22)(H2,19,20,23,24)/t11-/m0/s1. The SMILES string of the molecule is O=C(CC[C@@H]1NC(=O)NC1=O)NCCNC(=O)c1ccccc1Cl. The summed E-state index contributed by atoms with van der Waals surface area (Å²) in [6.07, 6.45) is 0.312. The van der Waals surface area contributed by atoms with Crippen molar-refractivity contribution in [3.8, 4) is 0 Å². The first-order chi connectivity index (χ1) is 11.5. The average molecular weight is 353 g/mol. The molecule has 0 unspecified atom stereocenters. The normalized spacial score (nSPS) is 16.3. The van der Waals surface area contributed by atoms with Crippen LogP contribution in [0.25, 0.3) is 0 Å². The van der Waals surface area contributed by atoms with Crippen molar-refractivity contribution in [2.45, 2.75) is 18.9 Å². The van der Waals surface area contributed by atoms with Crippen LogP contribution >= 0.6 is 11.6 Å². The van der Waals surface area contributed by atoms with Crippen molar-refractivity contribution >= 4 is 35.4 Å². The average Bonchev–Trinajstić information content (AvgIpc) is 2.87. The first-order valence-corrected chi connectivity index (χ1v) is 7.76. The van der Waals surface area contributed by atoms with Crippen LogP contribution in [0.4, 0.5) is 4.79 Å². The van der Waals surface area contributed by atoms with Gasteiger partial charge in [-0.15, -0.1) is 0 Å². The third-order valence-corrected chi connectivity index (χ3v) is 3.70. The molecule has 1 aliphatic heterocycles. The minimum atomic E-state index is -0.678. The number of nitrogens with one attached hydrogen (secondary N) is 4. The van der Waals surface area contributed by atoms with Crippen molar-refractivity contribution < 1.29 is 19.2 Å². The topological polar surface area (TPSA) is 116 Å². The van der Waals surface area contributed by atoms with Crippen molar-refractivity contribution in [1.82, 2.24) is 21.3 Å². The summed E-state index contributed by atoms with van der Waals surface area (Å²) in [5.74, 6) is -1.02. The van der Waals surface area contributed by atoms with Crippen molar-refractivity contribution in [3.63, 3.8) is 0 Å². The van der Waals surface area contributed by atoms with Crippen LogP contribution in [0.5, 0.6) is 0 Å². The van der Waals surface area contributed by atoms with Gasteiger partial charge in [0.2, 0.25) is 5.91 Å². The van der Waals surface area contributed by atoms with Gasteiger partial charge in [0.1, 0.15) is 6.04 Å². The highest BCUT2D eigenvalue weighted by Crippen LogP contribution is 2.14. The third kappa shape index (κ3) is 4.95. The molecule has 1 heterocycles. The van der Waals surface area contributed by atoms with E-state index in [4.69, 9.17) is 11.6 Å². The zero-order chi connectivity index (χ0) is 17.5. The van der Waals surface area contributed by atoms with E-state index >= 15 is 0 Å². The number of carbonyl (C=O) groups excluding carboxylic acids is 4. The highest BCUT2D eigenvalue weighted by Gasteiger charge is 2.29. The van der Waals surface area contributed by atoms with Gasteiger partial charge in [-0.05, 0) is 18.6 Å². The number of benzene rings is 1. The lowest BCUT2D eigenvalue weighted by atomic mass is 10.1. The molecule has 0 saturated carbocycles. The van der Waals surface area contributed by atoms with Gasteiger partial charge in [0.15, 0.2) is 0 Å². The van der Waals surface area contributed by atoms with Gasteiger partial charge in [-0.25, -0.2) is 4.79 Å². The number of carbonyl (C=O) groups is 4. The molecule has 1 saturated heterocycles. The smallest absolute Gasteiger partial charge is 0.322 e. The molecular formula is C15H17ClN4O4. The molecule has 4 N–H and O–H groups in total. The third-order valence-electron chi connectivity index (χ3n) is 3.37. The molecule has 0 aromatic heterocycles. The van der Waals surface area contributed by atoms with Crippen molar-refractivity contribution in [3.05, 3.63) is 34.9 Å². The van der Waals surface area contributed by atoms with E-state index in [2.05, 4.69) is 21.3 Å². The fourth-order valence-electron chi connectivity index (χ4n) is 2.14. The lowest BCUT2D eigenvalue weighted by Crippen LogP contribution is -2.36. The molecule has 1 aromatic rings. The van der Waals surface area contributed by atoms with Gasteiger partial charge in [-0.1, -0.05) is 23.7 Å². The van der Waals surface area contributed by atoms with Gasteiger partial charge in [0, 0.05) is 19.5 Å². The van der Waals surface area contributed by atoms with E-state index in [-0.39, 0.29) is 37.7 Å². The fraction of sp³-hybridized carbons (Fsp3) is 0.333. The fourth-order valence-corrected chi connectivity index (χ4v) is 2.37. The molecule has 24 heavy (non-hydrogen) atoms. The number of hydrogen-bond donors (Lipinski definition) is 4. The van der Waals surface area contributed by atoms with E-state index in [0.717, 1.165) is 0 Å². The molecule has 9 heteroatoms. The molecule has 128 valence electrons. The van der Waals surface area contributed by atoms with Gasteiger partial charge >= 0.3 is 6.03 Å². The molecular weight excluding hydrogens is 336 g/mol. The molecule has 0 spiro atoms. The van der Waals surface area contributed by atoms with Gasteiger partial charge in [-0.2, -0.15) is 0 Å². The maximum Gasteiger partial charge on any atom is 0.322 e. The number of rotatable bonds is 7.